The third-order valence-corrected chi connectivity index (χ3v) is 5.60. The molecule has 23 heavy (non-hydrogen) atoms. The first kappa shape index (κ1) is 20.4. The minimum Gasteiger partial charge on any atom is -0.364 e. The highest BCUT2D eigenvalue weighted by Gasteiger charge is 2.25. The van der Waals surface area contributed by atoms with Crippen LogP contribution in [0.25, 0.3) is 0 Å². The van der Waals surface area contributed by atoms with Crippen molar-refractivity contribution in [3.05, 3.63) is 18.0 Å². The van der Waals surface area contributed by atoms with E-state index in [9.17, 15) is 4.21 Å². The van der Waals surface area contributed by atoms with E-state index < -0.39 is 10.8 Å². The molecule has 0 bridgehead atoms. The molecule has 2 rings (SSSR count). The quantitative estimate of drug-likeness (QED) is 0.392. The Bertz CT molecular complexity index is 496. The Hall–Kier alpha value is -0.640. The lowest BCUT2D eigenvalue weighted by atomic mass is 9.95. The number of halogens is 1. The Morgan fingerprint density at radius 1 is 1.48 bits per heavy atom. The number of hydrogen-bond acceptors (Lipinski definition) is 4. The second kappa shape index (κ2) is 11.0. The summed E-state index contributed by atoms with van der Waals surface area (Å²) < 4.78 is 16.8. The van der Waals surface area contributed by atoms with E-state index in [1.165, 1.54) is 0 Å². The highest BCUT2D eigenvalue weighted by molar-refractivity contribution is 14.0. The SMILES string of the molecule is CCNC(=NCc1ccon1)NC1CCCC(S(=O)CC)C1.I. The number of nitrogens with one attached hydrogen (secondary N) is 2. The van der Waals surface area contributed by atoms with Crippen LogP contribution in [0, 0.1) is 0 Å². The molecule has 1 aliphatic rings. The Balaban J connectivity index is 0.00000264. The summed E-state index contributed by atoms with van der Waals surface area (Å²) in [5, 5.41) is 10.9. The Morgan fingerprint density at radius 2 is 2.30 bits per heavy atom. The number of aromatic nitrogens is 1. The first-order chi connectivity index (χ1) is 10.7. The monoisotopic (exact) mass is 454 g/mol. The summed E-state index contributed by atoms with van der Waals surface area (Å²) in [4.78, 5) is 4.54. The summed E-state index contributed by atoms with van der Waals surface area (Å²) >= 11 is 0. The van der Waals surface area contributed by atoms with Gasteiger partial charge in [-0.2, -0.15) is 0 Å². The van der Waals surface area contributed by atoms with Crippen LogP contribution in [0.3, 0.4) is 0 Å². The van der Waals surface area contributed by atoms with Crippen molar-refractivity contribution in [2.45, 2.75) is 57.4 Å². The fourth-order valence-corrected chi connectivity index (χ4v) is 4.09. The number of guanidine groups is 1. The van der Waals surface area contributed by atoms with Gasteiger partial charge in [0.15, 0.2) is 5.96 Å². The molecule has 8 heteroatoms. The zero-order valence-corrected chi connectivity index (χ0v) is 16.9. The maximum atomic E-state index is 12.0. The zero-order chi connectivity index (χ0) is 15.8. The smallest absolute Gasteiger partial charge is 0.191 e. The summed E-state index contributed by atoms with van der Waals surface area (Å²) in [5.41, 5.74) is 0.811. The first-order valence-corrected chi connectivity index (χ1v) is 9.42. The molecule has 0 aliphatic heterocycles. The van der Waals surface area contributed by atoms with Crippen LogP contribution in [-0.2, 0) is 17.3 Å². The lowest BCUT2D eigenvalue weighted by molar-refractivity contribution is 0.410. The first-order valence-electron chi connectivity index (χ1n) is 8.04. The van der Waals surface area contributed by atoms with Gasteiger partial charge in [0.1, 0.15) is 12.0 Å². The van der Waals surface area contributed by atoms with Gasteiger partial charge in [0, 0.05) is 40.5 Å². The topological polar surface area (TPSA) is 79.5 Å². The molecule has 2 N–H and O–H groups in total. The third-order valence-electron chi connectivity index (χ3n) is 3.86. The number of aliphatic imine (C=N–C) groups is 1. The summed E-state index contributed by atoms with van der Waals surface area (Å²) in [6, 6.07) is 2.15. The van der Waals surface area contributed by atoms with Crippen molar-refractivity contribution in [1.29, 1.82) is 0 Å². The molecule has 1 aliphatic carbocycles. The van der Waals surface area contributed by atoms with Crippen LogP contribution in [0.1, 0.15) is 45.2 Å². The van der Waals surface area contributed by atoms with Crippen LogP contribution in [-0.4, -0.2) is 38.9 Å². The average Bonchev–Trinajstić information content (AvgIpc) is 3.06. The van der Waals surface area contributed by atoms with E-state index in [0.717, 1.165) is 49.6 Å². The van der Waals surface area contributed by atoms with Crippen LogP contribution < -0.4 is 10.6 Å². The van der Waals surface area contributed by atoms with Gasteiger partial charge < -0.3 is 15.2 Å². The van der Waals surface area contributed by atoms with E-state index >= 15 is 0 Å². The van der Waals surface area contributed by atoms with Gasteiger partial charge >= 0.3 is 0 Å². The van der Waals surface area contributed by atoms with E-state index in [4.69, 9.17) is 4.52 Å². The van der Waals surface area contributed by atoms with Gasteiger partial charge in [0.2, 0.25) is 0 Å². The second-order valence-electron chi connectivity index (χ2n) is 5.49. The minimum absolute atomic E-state index is 0. The number of rotatable bonds is 6. The maximum absolute atomic E-state index is 12.0. The maximum Gasteiger partial charge on any atom is 0.191 e. The summed E-state index contributed by atoms with van der Waals surface area (Å²) in [7, 11) is -0.703. The highest BCUT2D eigenvalue weighted by atomic mass is 127. The highest BCUT2D eigenvalue weighted by Crippen LogP contribution is 2.22. The van der Waals surface area contributed by atoms with E-state index in [1.54, 1.807) is 6.26 Å². The predicted octanol–water partition coefficient (Wildman–Crippen LogP) is 2.43. The minimum atomic E-state index is -0.703. The van der Waals surface area contributed by atoms with Crippen LogP contribution in [0.5, 0.6) is 0 Å². The molecule has 0 aromatic carbocycles. The molecule has 3 atom stereocenters. The summed E-state index contributed by atoms with van der Waals surface area (Å²) in [6.07, 6.45) is 5.81. The van der Waals surface area contributed by atoms with Crippen molar-refractivity contribution in [2.75, 3.05) is 12.3 Å². The predicted molar refractivity (Wildman–Crippen MR) is 105 cm³/mol. The lowest BCUT2D eigenvalue weighted by Crippen LogP contribution is -2.46. The molecular formula is C15H27IN4O2S. The van der Waals surface area contributed by atoms with Crippen LogP contribution in [0.4, 0.5) is 0 Å². The number of hydrogen-bond donors (Lipinski definition) is 2. The van der Waals surface area contributed by atoms with Crippen molar-refractivity contribution in [2.24, 2.45) is 4.99 Å². The molecule has 3 unspecified atom stereocenters. The van der Waals surface area contributed by atoms with Crippen molar-refractivity contribution in [1.82, 2.24) is 15.8 Å². The summed E-state index contributed by atoms with van der Waals surface area (Å²) in [5.74, 6) is 1.54. The van der Waals surface area contributed by atoms with Crippen molar-refractivity contribution in [3.8, 4) is 0 Å². The van der Waals surface area contributed by atoms with Gasteiger partial charge in [-0.3, -0.25) is 4.21 Å². The molecule has 6 nitrogen and oxygen atoms in total. The molecule has 1 saturated carbocycles. The van der Waals surface area contributed by atoms with Crippen LogP contribution in [0.2, 0.25) is 0 Å². The average molecular weight is 454 g/mol. The van der Waals surface area contributed by atoms with Gasteiger partial charge in [-0.05, 0) is 26.2 Å². The molecule has 0 saturated heterocycles. The second-order valence-corrected chi connectivity index (χ2v) is 7.49. The van der Waals surface area contributed by atoms with Gasteiger partial charge in [0.25, 0.3) is 0 Å². The lowest BCUT2D eigenvalue weighted by Gasteiger charge is -2.30. The summed E-state index contributed by atoms with van der Waals surface area (Å²) in [6.45, 7) is 5.34. The molecule has 132 valence electrons. The van der Waals surface area contributed by atoms with E-state index in [2.05, 4.69) is 20.8 Å². The third kappa shape index (κ3) is 6.78. The molecule has 1 aromatic heterocycles. The normalized spacial score (nSPS) is 23.0. The molecule has 0 spiro atoms. The molecule has 1 fully saturated rings. The molecule has 1 aromatic rings. The van der Waals surface area contributed by atoms with Crippen molar-refractivity contribution in [3.63, 3.8) is 0 Å². The fourth-order valence-electron chi connectivity index (χ4n) is 2.74. The van der Waals surface area contributed by atoms with Crippen molar-refractivity contribution >= 4 is 40.7 Å². The standard InChI is InChI=1S/C15H26N4O2S.HI/c1-3-16-15(17-11-13-8-9-21-19-13)18-12-6-5-7-14(10-12)22(20)4-2;/h8-9,12,14H,3-7,10-11H2,1-2H3,(H2,16,17,18);1H. The Labute approximate surface area is 157 Å². The zero-order valence-electron chi connectivity index (χ0n) is 13.8. The van der Waals surface area contributed by atoms with Crippen LogP contribution in [0.15, 0.2) is 21.8 Å². The van der Waals surface area contributed by atoms with Gasteiger partial charge in [0.05, 0.1) is 6.54 Å². The van der Waals surface area contributed by atoms with Gasteiger partial charge in [-0.25, -0.2) is 4.99 Å². The van der Waals surface area contributed by atoms with E-state index in [-0.39, 0.29) is 24.0 Å². The number of nitrogens with zero attached hydrogens (tertiary/aromatic N) is 2. The van der Waals surface area contributed by atoms with E-state index in [0.29, 0.717) is 17.8 Å². The molecule has 0 radical (unpaired) electrons. The van der Waals surface area contributed by atoms with Gasteiger partial charge in [-0.15, -0.1) is 24.0 Å². The molecular weight excluding hydrogens is 427 g/mol. The van der Waals surface area contributed by atoms with E-state index in [1.807, 2.05) is 19.9 Å². The van der Waals surface area contributed by atoms with Crippen LogP contribution >= 0.6 is 24.0 Å². The Kier molecular flexibility index (Phi) is 9.77. The van der Waals surface area contributed by atoms with Gasteiger partial charge in [-0.1, -0.05) is 18.5 Å². The largest absolute Gasteiger partial charge is 0.364 e. The van der Waals surface area contributed by atoms with Crippen molar-refractivity contribution < 1.29 is 8.73 Å². The fraction of sp³-hybridized carbons (Fsp3) is 0.733. The molecule has 0 amide bonds. The Morgan fingerprint density at radius 3 is 2.96 bits per heavy atom. The molecule has 1 heterocycles.